The van der Waals surface area contributed by atoms with Gasteiger partial charge < -0.3 is 5.11 Å². The molecule has 2 atom stereocenters. The number of nitrogens with zero attached hydrogens (tertiary/aromatic N) is 1. The Morgan fingerprint density at radius 1 is 1.42 bits per heavy atom. The molecule has 2 rings (SSSR count). The van der Waals surface area contributed by atoms with Crippen LogP contribution in [0.25, 0.3) is 0 Å². The predicted molar refractivity (Wildman–Crippen MR) is 69.6 cm³/mol. The van der Waals surface area contributed by atoms with Gasteiger partial charge in [0.05, 0.1) is 12.6 Å². The Morgan fingerprint density at radius 3 is 2.74 bits per heavy atom. The molecule has 1 aromatic carbocycles. The molecular weight excluding hydrogens is 269 g/mol. The standard InChI is InChI=1S/C13H18FNO3S/c1-10-5-4-8-15(12(10)9-16)19(17,18)13-7-3-2-6-11(13)14/h2-3,6-7,10,12,16H,4-5,8-9H2,1H3. The van der Waals surface area contributed by atoms with Crippen LogP contribution in [0.4, 0.5) is 4.39 Å². The summed E-state index contributed by atoms with van der Waals surface area (Å²) in [7, 11) is -3.89. The van der Waals surface area contributed by atoms with Gasteiger partial charge in [-0.05, 0) is 30.9 Å². The largest absolute Gasteiger partial charge is 0.395 e. The minimum atomic E-state index is -3.89. The molecule has 19 heavy (non-hydrogen) atoms. The SMILES string of the molecule is CC1CCCN(S(=O)(=O)c2ccccc2F)C1CO. The summed E-state index contributed by atoms with van der Waals surface area (Å²) >= 11 is 0. The zero-order valence-electron chi connectivity index (χ0n) is 10.8. The number of aliphatic hydroxyl groups is 1. The van der Waals surface area contributed by atoms with Crippen molar-refractivity contribution in [3.8, 4) is 0 Å². The van der Waals surface area contributed by atoms with Gasteiger partial charge in [-0.25, -0.2) is 12.8 Å². The van der Waals surface area contributed by atoms with Crippen molar-refractivity contribution in [3.05, 3.63) is 30.1 Å². The second-order valence-corrected chi connectivity index (χ2v) is 6.77. The smallest absolute Gasteiger partial charge is 0.246 e. The van der Waals surface area contributed by atoms with Crippen LogP contribution in [0.15, 0.2) is 29.2 Å². The Kier molecular flexibility index (Phi) is 4.23. The minimum Gasteiger partial charge on any atom is -0.395 e. The van der Waals surface area contributed by atoms with Crippen molar-refractivity contribution in [1.29, 1.82) is 0 Å². The monoisotopic (exact) mass is 287 g/mol. The van der Waals surface area contributed by atoms with Crippen LogP contribution in [0.5, 0.6) is 0 Å². The van der Waals surface area contributed by atoms with Crippen LogP contribution in [-0.4, -0.2) is 37.0 Å². The Morgan fingerprint density at radius 2 is 2.11 bits per heavy atom. The maximum Gasteiger partial charge on any atom is 0.246 e. The van der Waals surface area contributed by atoms with E-state index in [-0.39, 0.29) is 17.4 Å². The third kappa shape index (κ3) is 2.66. The molecule has 1 aliphatic heterocycles. The van der Waals surface area contributed by atoms with Gasteiger partial charge in [-0.2, -0.15) is 4.31 Å². The summed E-state index contributed by atoms with van der Waals surface area (Å²) in [6.45, 7) is 1.99. The number of hydrogen-bond acceptors (Lipinski definition) is 3. The molecule has 0 amide bonds. The first-order chi connectivity index (χ1) is 8.98. The van der Waals surface area contributed by atoms with Crippen LogP contribution in [-0.2, 0) is 10.0 Å². The number of benzene rings is 1. The quantitative estimate of drug-likeness (QED) is 0.919. The minimum absolute atomic E-state index is 0.0697. The summed E-state index contributed by atoms with van der Waals surface area (Å²) in [5.74, 6) is -0.683. The van der Waals surface area contributed by atoms with Gasteiger partial charge in [-0.3, -0.25) is 0 Å². The lowest BCUT2D eigenvalue weighted by atomic mass is 9.93. The van der Waals surface area contributed by atoms with Crippen LogP contribution in [0, 0.1) is 11.7 Å². The molecule has 0 bridgehead atoms. The van der Waals surface area contributed by atoms with E-state index in [2.05, 4.69) is 0 Å². The molecule has 0 spiro atoms. The molecule has 1 heterocycles. The van der Waals surface area contributed by atoms with Gasteiger partial charge in [0.1, 0.15) is 10.7 Å². The van der Waals surface area contributed by atoms with Crippen molar-refractivity contribution >= 4 is 10.0 Å². The van der Waals surface area contributed by atoms with E-state index in [1.165, 1.54) is 22.5 Å². The number of aliphatic hydroxyl groups excluding tert-OH is 1. The summed E-state index contributed by atoms with van der Waals surface area (Å²) < 4.78 is 39.9. The van der Waals surface area contributed by atoms with Gasteiger partial charge in [-0.15, -0.1) is 0 Å². The molecule has 1 N–H and O–H groups in total. The van der Waals surface area contributed by atoms with Crippen molar-refractivity contribution in [1.82, 2.24) is 4.31 Å². The molecule has 106 valence electrons. The van der Waals surface area contributed by atoms with Gasteiger partial charge >= 0.3 is 0 Å². The highest BCUT2D eigenvalue weighted by atomic mass is 32.2. The molecule has 4 nitrogen and oxygen atoms in total. The molecule has 0 radical (unpaired) electrons. The molecule has 0 aromatic heterocycles. The van der Waals surface area contributed by atoms with E-state index in [9.17, 15) is 17.9 Å². The lowest BCUT2D eigenvalue weighted by Crippen LogP contribution is -2.49. The van der Waals surface area contributed by atoms with E-state index in [1.54, 1.807) is 0 Å². The normalized spacial score (nSPS) is 25.4. The first-order valence-corrected chi connectivity index (χ1v) is 7.79. The summed E-state index contributed by atoms with van der Waals surface area (Å²) in [6.07, 6.45) is 1.60. The van der Waals surface area contributed by atoms with E-state index >= 15 is 0 Å². The third-order valence-electron chi connectivity index (χ3n) is 3.68. The summed E-state index contributed by atoms with van der Waals surface area (Å²) in [4.78, 5) is -0.317. The predicted octanol–water partition coefficient (Wildman–Crippen LogP) is 1.61. The van der Waals surface area contributed by atoms with Crippen molar-refractivity contribution < 1.29 is 17.9 Å². The number of hydrogen-bond donors (Lipinski definition) is 1. The number of sulfonamides is 1. The molecule has 6 heteroatoms. The summed E-state index contributed by atoms with van der Waals surface area (Å²) in [6, 6.07) is 4.87. The maximum absolute atomic E-state index is 13.7. The lowest BCUT2D eigenvalue weighted by Gasteiger charge is -2.37. The Hall–Kier alpha value is -0.980. The second kappa shape index (κ2) is 5.56. The van der Waals surface area contributed by atoms with Crippen LogP contribution in [0.1, 0.15) is 19.8 Å². The van der Waals surface area contributed by atoms with E-state index < -0.39 is 21.9 Å². The van der Waals surface area contributed by atoms with Crippen LogP contribution >= 0.6 is 0 Å². The summed E-state index contributed by atoms with van der Waals surface area (Å²) in [5, 5.41) is 9.41. The average Bonchev–Trinajstić information content (AvgIpc) is 2.38. The maximum atomic E-state index is 13.7. The highest BCUT2D eigenvalue weighted by Crippen LogP contribution is 2.29. The number of piperidine rings is 1. The van der Waals surface area contributed by atoms with Crippen LogP contribution < -0.4 is 0 Å². The van der Waals surface area contributed by atoms with Crippen molar-refractivity contribution in [2.24, 2.45) is 5.92 Å². The van der Waals surface area contributed by atoms with E-state index in [0.29, 0.717) is 6.54 Å². The van der Waals surface area contributed by atoms with Crippen molar-refractivity contribution in [2.75, 3.05) is 13.2 Å². The Labute approximate surface area is 112 Å². The molecule has 1 aliphatic rings. The van der Waals surface area contributed by atoms with Crippen molar-refractivity contribution in [2.45, 2.75) is 30.7 Å². The molecule has 0 saturated carbocycles. The van der Waals surface area contributed by atoms with Gasteiger partial charge in [0, 0.05) is 6.54 Å². The van der Waals surface area contributed by atoms with E-state index in [0.717, 1.165) is 18.9 Å². The first-order valence-electron chi connectivity index (χ1n) is 6.35. The zero-order valence-corrected chi connectivity index (χ0v) is 11.6. The first kappa shape index (κ1) is 14.4. The van der Waals surface area contributed by atoms with Gasteiger partial charge in [0.25, 0.3) is 0 Å². The molecule has 1 saturated heterocycles. The molecule has 2 unspecified atom stereocenters. The summed E-state index contributed by atoms with van der Waals surface area (Å²) in [5.41, 5.74) is 0. The third-order valence-corrected chi connectivity index (χ3v) is 5.63. The average molecular weight is 287 g/mol. The highest BCUT2D eigenvalue weighted by Gasteiger charge is 2.37. The fourth-order valence-electron chi connectivity index (χ4n) is 2.56. The zero-order chi connectivity index (χ0) is 14.0. The molecule has 1 aromatic rings. The van der Waals surface area contributed by atoms with Gasteiger partial charge in [0.2, 0.25) is 10.0 Å². The van der Waals surface area contributed by atoms with Gasteiger partial charge in [-0.1, -0.05) is 19.1 Å². The Balaban J connectivity index is 2.41. The van der Waals surface area contributed by atoms with Gasteiger partial charge in [0.15, 0.2) is 0 Å². The van der Waals surface area contributed by atoms with Crippen LogP contribution in [0.2, 0.25) is 0 Å². The van der Waals surface area contributed by atoms with Crippen molar-refractivity contribution in [3.63, 3.8) is 0 Å². The van der Waals surface area contributed by atoms with E-state index in [1.807, 2.05) is 6.92 Å². The second-order valence-electron chi connectivity index (χ2n) is 4.92. The topological polar surface area (TPSA) is 57.6 Å². The fraction of sp³-hybridized carbons (Fsp3) is 0.538. The van der Waals surface area contributed by atoms with Crippen LogP contribution in [0.3, 0.4) is 0 Å². The number of rotatable bonds is 3. The highest BCUT2D eigenvalue weighted by molar-refractivity contribution is 7.89. The number of halogens is 1. The van der Waals surface area contributed by atoms with E-state index in [4.69, 9.17) is 0 Å². The molecule has 1 fully saturated rings. The molecule has 0 aliphatic carbocycles. The Bertz CT molecular complexity index is 547. The molecular formula is C13H18FNO3S. The fourth-order valence-corrected chi connectivity index (χ4v) is 4.38. The lowest BCUT2D eigenvalue weighted by molar-refractivity contribution is 0.113.